The third kappa shape index (κ3) is 16.3. The number of unbranched alkanes of at least 4 members (excludes halogenated alkanes) is 15. The average Bonchev–Trinajstić information content (AvgIpc) is 3.07. The lowest BCUT2D eigenvalue weighted by Gasteiger charge is -2.26. The van der Waals surface area contributed by atoms with Crippen LogP contribution >= 0.6 is 0 Å². The standard InChI is InChI=1S/C43H68N2/c1-4-6-8-9-10-11-12-13-14-15-16-17-18-19-20-22-40(21-7-5-2)42-31-25-38(26-32-42)35-44-45-36-39-27-33-43(34-28-39)41-29-23-37(3)24-30-41/h25-28,31-37,40-41H,4-24,29-30H2,1-3H3. The Morgan fingerprint density at radius 1 is 0.533 bits per heavy atom. The van der Waals surface area contributed by atoms with E-state index >= 15 is 0 Å². The maximum Gasteiger partial charge on any atom is 0.0568 e. The van der Waals surface area contributed by atoms with E-state index in [0.717, 1.165) is 23.0 Å². The topological polar surface area (TPSA) is 24.7 Å². The third-order valence-electron chi connectivity index (χ3n) is 10.4. The Labute approximate surface area is 279 Å². The first kappa shape index (κ1) is 37.2. The first-order chi connectivity index (χ1) is 22.2. The van der Waals surface area contributed by atoms with Crippen LogP contribution in [0.5, 0.6) is 0 Å². The molecular weight excluding hydrogens is 544 g/mol. The fourth-order valence-corrected chi connectivity index (χ4v) is 7.19. The summed E-state index contributed by atoms with van der Waals surface area (Å²) in [4.78, 5) is 0. The second-order valence-electron chi connectivity index (χ2n) is 14.4. The van der Waals surface area contributed by atoms with E-state index in [1.165, 1.54) is 159 Å². The molecule has 2 heteroatoms. The summed E-state index contributed by atoms with van der Waals surface area (Å²) in [5.74, 6) is 2.32. The van der Waals surface area contributed by atoms with Crippen LogP contribution in [0, 0.1) is 5.92 Å². The molecular formula is C43H68N2. The predicted molar refractivity (Wildman–Crippen MR) is 200 cm³/mol. The normalized spacial score (nSPS) is 17.8. The summed E-state index contributed by atoms with van der Waals surface area (Å²) in [5.41, 5.74) is 5.23. The van der Waals surface area contributed by atoms with Crippen molar-refractivity contribution in [2.75, 3.05) is 0 Å². The first-order valence-corrected chi connectivity index (χ1v) is 19.5. The second-order valence-corrected chi connectivity index (χ2v) is 14.4. The molecule has 1 atom stereocenters. The lowest BCUT2D eigenvalue weighted by molar-refractivity contribution is 0.348. The van der Waals surface area contributed by atoms with Crippen molar-refractivity contribution < 1.29 is 0 Å². The quantitative estimate of drug-likeness (QED) is 0.0640. The van der Waals surface area contributed by atoms with Crippen molar-refractivity contribution in [3.05, 3.63) is 70.8 Å². The number of rotatable bonds is 24. The van der Waals surface area contributed by atoms with E-state index in [2.05, 4.69) is 79.5 Å². The molecule has 1 unspecified atom stereocenters. The number of hydrogen-bond donors (Lipinski definition) is 0. The SMILES string of the molecule is CCCCCCCCCCCCCCCCCC(CCCC)c1ccc(C=NN=Cc2ccc(C3CCC(C)CC3)cc2)cc1. The molecule has 2 aromatic rings. The molecule has 0 bridgehead atoms. The van der Waals surface area contributed by atoms with Gasteiger partial charge >= 0.3 is 0 Å². The Kier molecular flexibility index (Phi) is 19.9. The van der Waals surface area contributed by atoms with Crippen LogP contribution in [0.4, 0.5) is 0 Å². The van der Waals surface area contributed by atoms with Gasteiger partial charge in [0.1, 0.15) is 0 Å². The minimum absolute atomic E-state index is 0.691. The largest absolute Gasteiger partial charge is 0.159 e. The van der Waals surface area contributed by atoms with Gasteiger partial charge in [-0.2, -0.15) is 10.2 Å². The first-order valence-electron chi connectivity index (χ1n) is 19.5. The molecule has 1 aliphatic rings. The van der Waals surface area contributed by atoms with Crippen molar-refractivity contribution in [1.82, 2.24) is 0 Å². The molecule has 0 heterocycles. The maximum atomic E-state index is 4.35. The van der Waals surface area contributed by atoms with Crippen molar-refractivity contribution in [3.63, 3.8) is 0 Å². The van der Waals surface area contributed by atoms with Gasteiger partial charge in [-0.3, -0.25) is 0 Å². The molecule has 0 spiro atoms. The van der Waals surface area contributed by atoms with E-state index in [1.807, 2.05) is 12.4 Å². The summed E-state index contributed by atoms with van der Waals surface area (Å²) in [6, 6.07) is 18.1. The van der Waals surface area contributed by atoms with Gasteiger partial charge in [0.05, 0.1) is 12.4 Å². The van der Waals surface area contributed by atoms with Gasteiger partial charge in [-0.05, 0) is 65.7 Å². The molecule has 1 fully saturated rings. The van der Waals surface area contributed by atoms with E-state index in [1.54, 1.807) is 0 Å². The van der Waals surface area contributed by atoms with Crippen LogP contribution in [0.25, 0.3) is 0 Å². The van der Waals surface area contributed by atoms with Gasteiger partial charge in [0, 0.05) is 0 Å². The molecule has 45 heavy (non-hydrogen) atoms. The summed E-state index contributed by atoms with van der Waals surface area (Å²) in [6.45, 7) is 7.00. The van der Waals surface area contributed by atoms with Crippen LogP contribution in [0.3, 0.4) is 0 Å². The van der Waals surface area contributed by atoms with Crippen molar-refractivity contribution in [2.45, 2.75) is 180 Å². The molecule has 3 rings (SSSR count). The molecule has 250 valence electrons. The van der Waals surface area contributed by atoms with E-state index in [-0.39, 0.29) is 0 Å². The molecule has 0 amide bonds. The summed E-state index contributed by atoms with van der Waals surface area (Å²) in [5, 5.41) is 8.68. The van der Waals surface area contributed by atoms with Crippen molar-refractivity contribution in [2.24, 2.45) is 16.1 Å². The van der Waals surface area contributed by atoms with Crippen LogP contribution in [0.15, 0.2) is 58.7 Å². The smallest absolute Gasteiger partial charge is 0.0568 e. The summed E-state index contributed by atoms with van der Waals surface area (Å²) in [6.07, 6.45) is 35.9. The van der Waals surface area contributed by atoms with Crippen LogP contribution in [-0.2, 0) is 0 Å². The van der Waals surface area contributed by atoms with Crippen molar-refractivity contribution in [3.8, 4) is 0 Å². The Morgan fingerprint density at radius 3 is 1.44 bits per heavy atom. The van der Waals surface area contributed by atoms with Crippen molar-refractivity contribution in [1.29, 1.82) is 0 Å². The zero-order valence-electron chi connectivity index (χ0n) is 29.7. The lowest BCUT2D eigenvalue weighted by atomic mass is 9.79. The zero-order valence-corrected chi connectivity index (χ0v) is 29.7. The minimum atomic E-state index is 0.691. The Balaban J connectivity index is 1.30. The van der Waals surface area contributed by atoms with Gasteiger partial charge in [0.25, 0.3) is 0 Å². The number of benzene rings is 2. The molecule has 0 saturated heterocycles. The minimum Gasteiger partial charge on any atom is -0.159 e. The van der Waals surface area contributed by atoms with E-state index in [9.17, 15) is 0 Å². The molecule has 0 N–H and O–H groups in total. The molecule has 1 saturated carbocycles. The third-order valence-corrected chi connectivity index (χ3v) is 10.4. The van der Waals surface area contributed by atoms with E-state index < -0.39 is 0 Å². The molecule has 2 nitrogen and oxygen atoms in total. The van der Waals surface area contributed by atoms with Crippen molar-refractivity contribution >= 4 is 12.4 Å². The van der Waals surface area contributed by atoms with Crippen LogP contribution in [0.2, 0.25) is 0 Å². The molecule has 1 aliphatic carbocycles. The molecule has 2 aromatic carbocycles. The Morgan fingerprint density at radius 2 is 0.956 bits per heavy atom. The highest BCUT2D eigenvalue weighted by Crippen LogP contribution is 2.35. The molecule has 0 aromatic heterocycles. The lowest BCUT2D eigenvalue weighted by Crippen LogP contribution is -2.10. The summed E-state index contributed by atoms with van der Waals surface area (Å²) >= 11 is 0. The van der Waals surface area contributed by atoms with Gasteiger partial charge in [-0.1, -0.05) is 191 Å². The number of nitrogens with zero attached hydrogens (tertiary/aromatic N) is 2. The van der Waals surface area contributed by atoms with Crippen LogP contribution in [0.1, 0.15) is 203 Å². The van der Waals surface area contributed by atoms with E-state index in [4.69, 9.17) is 0 Å². The number of hydrogen-bond acceptors (Lipinski definition) is 2. The van der Waals surface area contributed by atoms with Gasteiger partial charge in [0.2, 0.25) is 0 Å². The van der Waals surface area contributed by atoms with Gasteiger partial charge in [-0.15, -0.1) is 0 Å². The van der Waals surface area contributed by atoms with E-state index in [0.29, 0.717) is 5.92 Å². The van der Waals surface area contributed by atoms with Crippen LogP contribution < -0.4 is 0 Å². The fraction of sp³-hybridized carbons (Fsp3) is 0.674. The Hall–Kier alpha value is -2.22. The van der Waals surface area contributed by atoms with Gasteiger partial charge in [0.15, 0.2) is 0 Å². The highest BCUT2D eigenvalue weighted by molar-refractivity contribution is 5.82. The van der Waals surface area contributed by atoms with Gasteiger partial charge < -0.3 is 0 Å². The summed E-state index contributed by atoms with van der Waals surface area (Å²) < 4.78 is 0. The second kappa shape index (κ2) is 24.0. The Bertz CT molecular complexity index is 1030. The monoisotopic (exact) mass is 613 g/mol. The van der Waals surface area contributed by atoms with Gasteiger partial charge in [-0.25, -0.2) is 0 Å². The van der Waals surface area contributed by atoms with Crippen LogP contribution in [-0.4, -0.2) is 12.4 Å². The predicted octanol–water partition coefficient (Wildman–Crippen LogP) is 14.0. The average molecular weight is 613 g/mol. The highest BCUT2D eigenvalue weighted by Gasteiger charge is 2.19. The highest BCUT2D eigenvalue weighted by atomic mass is 15.2. The fourth-order valence-electron chi connectivity index (χ4n) is 7.19. The molecule has 0 aliphatic heterocycles. The summed E-state index contributed by atoms with van der Waals surface area (Å²) in [7, 11) is 0. The molecule has 0 radical (unpaired) electrons. The zero-order chi connectivity index (χ0) is 31.8. The maximum absolute atomic E-state index is 4.35.